The number of halogens is 10. The molecular weight excluding hydrogens is 1810 g/mol. The Morgan fingerprint density at radius 3 is 1.08 bits per heavy atom. The molecule has 2 amide bonds. The van der Waals surface area contributed by atoms with Crippen LogP contribution < -0.4 is 40.9 Å². The van der Waals surface area contributed by atoms with Crippen LogP contribution in [0.25, 0.3) is 19.4 Å². The molecule has 0 unspecified atom stereocenters. The second-order valence-electron chi connectivity index (χ2n) is 37.7. The summed E-state index contributed by atoms with van der Waals surface area (Å²) in [6.07, 6.45) is 0.715. The van der Waals surface area contributed by atoms with Crippen molar-refractivity contribution in [2.24, 2.45) is 64.2 Å². The summed E-state index contributed by atoms with van der Waals surface area (Å²) < 4.78 is 139. The highest BCUT2D eigenvalue weighted by Crippen LogP contribution is 2.39. The van der Waals surface area contributed by atoms with E-state index in [0.29, 0.717) is 120 Å². The maximum Gasteiger partial charge on any atom is 0.296 e. The number of aliphatic imine (C=N–C) groups is 1. The molecule has 9 aromatic rings. The maximum atomic E-state index is 15.5. The summed E-state index contributed by atoms with van der Waals surface area (Å²) in [5, 5.41) is 41.8. The third kappa shape index (κ3) is 41.1. The average molecular weight is 1940 g/mol. The van der Waals surface area contributed by atoms with Gasteiger partial charge in [-0.05, 0) is 155 Å². The number of nitro benzene ring substituents is 2. The van der Waals surface area contributed by atoms with E-state index in [1.165, 1.54) is 48.5 Å². The van der Waals surface area contributed by atoms with E-state index in [4.69, 9.17) is 32.0 Å². The Morgan fingerprint density at radius 2 is 0.727 bits per heavy atom. The lowest BCUT2D eigenvalue weighted by Gasteiger charge is -2.31. The van der Waals surface area contributed by atoms with Crippen LogP contribution >= 0.6 is 0 Å². The minimum Gasteiger partial charge on any atom is -0.397 e. The van der Waals surface area contributed by atoms with Crippen LogP contribution in [0.1, 0.15) is 183 Å². The lowest BCUT2D eigenvalue weighted by molar-refractivity contribution is -0.384. The summed E-state index contributed by atoms with van der Waals surface area (Å²) >= 11 is 0. The van der Waals surface area contributed by atoms with Gasteiger partial charge in [0.05, 0.1) is 56.8 Å². The van der Waals surface area contributed by atoms with E-state index in [9.17, 15) is 69.7 Å². The first-order chi connectivity index (χ1) is 65.4. The maximum absolute atomic E-state index is 15.5. The van der Waals surface area contributed by atoms with Gasteiger partial charge in [0.1, 0.15) is 57.9 Å². The van der Waals surface area contributed by atoms with Crippen LogP contribution in [0.5, 0.6) is 0 Å². The van der Waals surface area contributed by atoms with Crippen LogP contribution in [0.2, 0.25) is 0 Å². The van der Waals surface area contributed by atoms with E-state index < -0.39 is 69.1 Å². The quantitative estimate of drug-likeness (QED) is 0.00528. The van der Waals surface area contributed by atoms with Crippen molar-refractivity contribution < 1.29 is 68.1 Å². The van der Waals surface area contributed by atoms with Crippen LogP contribution in [-0.4, -0.2) is 114 Å². The van der Waals surface area contributed by atoms with Gasteiger partial charge in [-0.2, -0.15) is 10.2 Å². The SMILES string of the molecule is CC(C)CN(CC(C)C)c1c(F)cc(Cc2nn[nH]n2)cc1NC(=O)Cc1ccc(F)cc1F.O=C=Nc1ccc(F)cc1F.[C-]#[N+]Cc1cc(F)c(N(CC(C)C)CC(C)C)c(NC(=O)Cc2ccc(F)cc2F)c1.[C-]#[N+]Cc1cc(F)c(N(CC(C)C)CC(C)C)c([N+](=O)[O-])c1.[C-]#[N+]Cc1cc(N)c(N(CC(C)C)CC(C)C)c(F)c1.[C-]#[N+]Cc1ccc(N(CC(C)C)CC(C)C)c([N+](=O)[O-])c1. The Balaban J connectivity index is 0.000000358. The highest BCUT2D eigenvalue weighted by atomic mass is 19.2. The number of benzene rings is 8. The summed E-state index contributed by atoms with van der Waals surface area (Å²) in [5.74, 6) is -4.16. The molecule has 1 heterocycles. The number of nitrogen functional groups attached to an aromatic ring is 1. The van der Waals surface area contributed by atoms with Crippen LogP contribution in [0, 0.1) is 164 Å². The number of hydrogen-bond donors (Lipinski definition) is 4. The van der Waals surface area contributed by atoms with Gasteiger partial charge in [0.15, 0.2) is 23.1 Å². The van der Waals surface area contributed by atoms with Gasteiger partial charge in [0.2, 0.25) is 44.1 Å². The van der Waals surface area contributed by atoms with Crippen LogP contribution in [-0.2, 0) is 59.8 Å². The van der Waals surface area contributed by atoms with Gasteiger partial charge in [-0.25, -0.2) is 75.0 Å². The Kier molecular flexibility index (Phi) is 49.4. The van der Waals surface area contributed by atoms with E-state index >= 15 is 8.78 Å². The van der Waals surface area contributed by atoms with Crippen molar-refractivity contribution in [1.29, 1.82) is 0 Å². The molecule has 0 saturated carbocycles. The summed E-state index contributed by atoms with van der Waals surface area (Å²) in [5.41, 5.74) is 11.0. The van der Waals surface area contributed by atoms with Crippen LogP contribution in [0.4, 0.5) is 106 Å². The first kappa shape index (κ1) is 117. The van der Waals surface area contributed by atoms with Crippen molar-refractivity contribution in [2.75, 3.05) is 106 Å². The van der Waals surface area contributed by atoms with Crippen LogP contribution in [0.15, 0.2) is 126 Å². The van der Waals surface area contributed by atoms with Crippen molar-refractivity contribution in [3.63, 3.8) is 0 Å². The fourth-order valence-corrected chi connectivity index (χ4v) is 14.9. The molecular formula is C103H129F10N19O7. The summed E-state index contributed by atoms with van der Waals surface area (Å²) in [7, 11) is 0. The average Bonchev–Trinajstić information content (AvgIpc) is 1.72. The van der Waals surface area contributed by atoms with Gasteiger partial charge < -0.3 is 60.2 Å². The van der Waals surface area contributed by atoms with E-state index in [2.05, 4.69) is 116 Å². The molecule has 0 aliphatic rings. The van der Waals surface area contributed by atoms with Gasteiger partial charge in [-0.1, -0.05) is 156 Å². The number of nitrogens with one attached hydrogen (secondary N) is 3. The lowest BCUT2D eigenvalue weighted by atomic mass is 10.0. The highest BCUT2D eigenvalue weighted by Gasteiger charge is 2.31. The Labute approximate surface area is 809 Å². The summed E-state index contributed by atoms with van der Waals surface area (Å²) in [4.78, 5) is 82.6. The third-order valence-electron chi connectivity index (χ3n) is 19.6. The first-order valence-corrected chi connectivity index (χ1v) is 45.7. The van der Waals surface area contributed by atoms with Gasteiger partial charge in [-0.3, -0.25) is 29.8 Å². The number of nitro groups is 2. The molecule has 0 atom stereocenters. The predicted molar refractivity (Wildman–Crippen MR) is 529 cm³/mol. The lowest BCUT2D eigenvalue weighted by Crippen LogP contribution is -2.33. The number of tetrazole rings is 1. The van der Waals surface area contributed by atoms with Gasteiger partial charge in [0.25, 0.3) is 11.4 Å². The van der Waals surface area contributed by atoms with Crippen molar-refractivity contribution in [3.8, 4) is 0 Å². The van der Waals surface area contributed by atoms with E-state index in [1.807, 2.05) is 104 Å². The highest BCUT2D eigenvalue weighted by molar-refractivity contribution is 5.97. The van der Waals surface area contributed by atoms with Crippen molar-refractivity contribution in [2.45, 2.75) is 184 Å². The standard InChI is InChI=1S/C24H29F3N6O.C24H28F3N3O.C16H22FN3O2.C16H24FN3.C16H23N3O2.C7H3F2NO/c1-14(2)12-33(13-15(3)4)24-20(27)7-16(9-22-29-31-32-30-22)8-21(24)28-23(34)10-17-5-6-18(25)11-19(17)26;1-15(2)13-30(14-16(3)4)24-21(27)8-17(12-28-5)9-22(24)29-23(31)10-18-6-7-19(25)11-20(18)26;1-11(2)9-19(10-12(3)4)16-14(17)6-13(8-18-5)7-15(16)20(21)22;1-11(2)9-20(10-12(3)4)16-14(17)6-13(8-19-5)7-15(16)18;1-12(2)10-18(11-13(3)4)15-7-6-14(9-17-5)8-16(15)19(20)21;8-5-1-2-7(10-4-11)6(9)3-5/h5-8,11,14-15H,9-10,12-13H2,1-4H3,(H,28,34)(H,29,30,31,32);6-9,11,15-16H,10,12-14H2,1-4H3,(H,29,31);6-7,11-12H,8-10H2,1-4H3;6-7,11-12H,8-10,18H2,1-4H3;6-8,12-13H,9-11H2,1-4H3;1-3H. The fraction of sp³-hybridized carbons (Fsp3) is 0.456. The summed E-state index contributed by atoms with van der Waals surface area (Å²) in [6.45, 7) is 75.4. The van der Waals surface area contributed by atoms with Gasteiger partial charge in [0, 0.05) is 124 Å². The number of anilines is 8. The number of nitrogens with two attached hydrogens (primary N) is 1. The molecule has 748 valence electrons. The van der Waals surface area contributed by atoms with Crippen LogP contribution in [0.3, 0.4) is 0 Å². The van der Waals surface area contributed by atoms with Crippen molar-refractivity contribution in [3.05, 3.63) is 290 Å². The topological polar surface area (TPSA) is 288 Å². The molecule has 26 nitrogen and oxygen atoms in total. The molecule has 139 heavy (non-hydrogen) atoms. The molecule has 0 aliphatic carbocycles. The Bertz CT molecular complexity index is 5670. The van der Waals surface area contributed by atoms with Gasteiger partial charge >= 0.3 is 0 Å². The van der Waals surface area contributed by atoms with Crippen molar-refractivity contribution >= 4 is 80.5 Å². The largest absolute Gasteiger partial charge is 0.397 e. The van der Waals surface area contributed by atoms with E-state index in [1.54, 1.807) is 29.2 Å². The zero-order chi connectivity index (χ0) is 104. The molecule has 0 aliphatic heterocycles. The molecule has 0 spiro atoms. The number of hydrogen-bond acceptors (Lipinski definition) is 17. The number of carbonyl (C=O) groups excluding carboxylic acids is 3. The molecule has 9 rings (SSSR count). The first-order valence-electron chi connectivity index (χ1n) is 45.7. The molecule has 5 N–H and O–H groups in total. The number of nitrogens with zero attached hydrogens (tertiary/aromatic N) is 15. The molecule has 0 radical (unpaired) electrons. The number of carbonyl (C=O) groups is 2. The molecule has 0 fully saturated rings. The molecule has 8 aromatic carbocycles. The minimum absolute atomic E-state index is 0.0268. The minimum atomic E-state index is -0.867. The number of amides is 2. The zero-order valence-electron chi connectivity index (χ0n) is 82.8. The number of H-pyrrole nitrogens is 1. The number of aromatic nitrogens is 4. The number of aromatic amines is 1. The van der Waals surface area contributed by atoms with E-state index in [0.717, 1.165) is 68.7 Å². The Hall–Kier alpha value is -14.0. The Morgan fingerprint density at radius 1 is 0.403 bits per heavy atom. The zero-order valence-corrected chi connectivity index (χ0v) is 82.8. The molecule has 0 bridgehead atoms. The smallest absolute Gasteiger partial charge is 0.296 e. The second kappa shape index (κ2) is 58.6. The molecule has 1 aromatic heterocycles. The summed E-state index contributed by atoms with van der Waals surface area (Å²) in [6, 6.07) is 25.6. The fourth-order valence-electron chi connectivity index (χ4n) is 14.9. The molecule has 0 saturated heterocycles. The normalized spacial score (nSPS) is 10.8. The second-order valence-corrected chi connectivity index (χ2v) is 37.7. The van der Waals surface area contributed by atoms with E-state index in [-0.39, 0.29) is 148 Å². The monoisotopic (exact) mass is 1930 g/mol. The number of rotatable bonds is 40. The third-order valence-corrected chi connectivity index (χ3v) is 19.6. The molecule has 36 heteroatoms. The predicted octanol–water partition coefficient (Wildman–Crippen LogP) is 24.6. The number of isocyanates is 1. The van der Waals surface area contributed by atoms with Crippen molar-refractivity contribution in [1.82, 2.24) is 20.6 Å². The van der Waals surface area contributed by atoms with Gasteiger partial charge in [-0.15, -0.1) is 10.2 Å².